The van der Waals surface area contributed by atoms with Crippen LogP contribution in [0.4, 0.5) is 52.0 Å². The lowest BCUT2D eigenvalue weighted by Crippen LogP contribution is -2.45. The van der Waals surface area contributed by atoms with Gasteiger partial charge in [-0.3, -0.25) is 4.79 Å². The molecule has 5 N–H and O–H groups in total. The quantitative estimate of drug-likeness (QED) is 0.0536. The average molecular weight is 1460 g/mol. The molecule has 0 unspecified atom stereocenters. The Morgan fingerprint density at radius 2 is 0.826 bits per heavy atom. The Morgan fingerprint density at radius 3 is 1.25 bits per heavy atom. The number of aromatic nitrogens is 9. The van der Waals surface area contributed by atoms with E-state index in [1.54, 1.807) is 6.07 Å². The summed E-state index contributed by atoms with van der Waals surface area (Å²) in [5, 5.41) is 13.4. The molecule has 560 valence electrons. The van der Waals surface area contributed by atoms with Gasteiger partial charge in [0.2, 0.25) is 17.3 Å². The zero-order chi connectivity index (χ0) is 74.4. The Morgan fingerprint density at radius 1 is 0.422 bits per heavy atom. The molecule has 24 heteroatoms. The summed E-state index contributed by atoms with van der Waals surface area (Å²) >= 11 is 0. The Balaban J connectivity index is 0.000000131. The Labute approximate surface area is 636 Å². The number of pyridine rings is 3. The van der Waals surface area contributed by atoms with Gasteiger partial charge < -0.3 is 74.4 Å². The van der Waals surface area contributed by atoms with Gasteiger partial charge in [0, 0.05) is 121 Å². The van der Waals surface area contributed by atoms with Crippen molar-refractivity contribution in [1.29, 1.82) is 0 Å². The van der Waals surface area contributed by atoms with E-state index in [4.69, 9.17) is 53.6 Å². The molecular weight excluding hydrogens is 1370 g/mol. The van der Waals surface area contributed by atoms with E-state index in [0.717, 1.165) is 226 Å². The highest BCUT2D eigenvalue weighted by atomic mass is 16.5. The summed E-state index contributed by atoms with van der Waals surface area (Å²) in [6.45, 7) is 19.9. The first-order valence-corrected chi connectivity index (χ1v) is 37.8. The van der Waals surface area contributed by atoms with E-state index in [-0.39, 0.29) is 23.7 Å². The van der Waals surface area contributed by atoms with Crippen molar-refractivity contribution in [3.05, 3.63) is 243 Å². The third kappa shape index (κ3) is 18.5. The molecule has 6 aliphatic heterocycles. The average Bonchev–Trinajstić information content (AvgIpc) is 0.784. The highest BCUT2D eigenvalue weighted by molar-refractivity contribution is 5.70. The number of fused-ring (bicyclic) bond motifs is 3. The fourth-order valence-electron chi connectivity index (χ4n) is 14.3. The zero-order valence-electron chi connectivity index (χ0n) is 62.5. The molecule has 0 saturated carbocycles. The molecule has 11 aromatic rings. The van der Waals surface area contributed by atoms with Gasteiger partial charge in [0.15, 0.2) is 17.5 Å². The summed E-state index contributed by atoms with van der Waals surface area (Å²) in [5.74, 6) is 8.70. The first-order chi connectivity index (χ1) is 53.4. The maximum Gasteiger partial charge on any atom is 0.249 e. The van der Waals surface area contributed by atoms with Crippen LogP contribution in [0.1, 0.15) is 65.7 Å². The fraction of sp³-hybridized carbons (Fsp3) is 0.329. The van der Waals surface area contributed by atoms with Crippen molar-refractivity contribution in [3.63, 3.8) is 0 Å². The number of hydrogen-bond acceptors (Lipinski definition) is 23. The zero-order valence-corrected chi connectivity index (χ0v) is 62.5. The second-order valence-electron chi connectivity index (χ2n) is 28.4. The number of benzene rings is 5. The maximum atomic E-state index is 11.5. The Kier molecular flexibility index (Phi) is 23.4. The van der Waals surface area contributed by atoms with Crippen LogP contribution < -0.4 is 51.0 Å². The molecule has 24 nitrogen and oxygen atoms in total. The van der Waals surface area contributed by atoms with Gasteiger partial charge in [-0.05, 0) is 163 Å². The monoisotopic (exact) mass is 1460 g/mol. The summed E-state index contributed by atoms with van der Waals surface area (Å²) in [7, 11) is 4.29. The molecule has 3 atom stereocenters. The number of aromatic amines is 1. The smallest absolute Gasteiger partial charge is 0.249 e. The highest BCUT2D eigenvalue weighted by Gasteiger charge is 2.32. The number of morpholine rings is 3. The van der Waals surface area contributed by atoms with Crippen LogP contribution >= 0.6 is 0 Å². The molecule has 5 aromatic carbocycles. The summed E-state index contributed by atoms with van der Waals surface area (Å²) in [4.78, 5) is 65.5. The molecule has 0 radical (unpaired) electrons. The lowest BCUT2D eigenvalue weighted by molar-refractivity contribution is 0.0983. The molecule has 12 heterocycles. The lowest BCUT2D eigenvalue weighted by atomic mass is 10.0. The predicted molar refractivity (Wildman–Crippen MR) is 428 cm³/mol. The van der Waals surface area contributed by atoms with Gasteiger partial charge >= 0.3 is 0 Å². The Bertz CT molecular complexity index is 4930. The molecule has 0 amide bonds. The molecule has 3 saturated heterocycles. The van der Waals surface area contributed by atoms with Crippen molar-refractivity contribution in [2.45, 2.75) is 91.0 Å². The molecule has 109 heavy (non-hydrogen) atoms. The number of H-pyrrole nitrogens is 1. The standard InChI is InChI=1S/C31H34N6O2.C30H32N6O2.C24H28N6O2/c1-22-20-38-18-17-37(22)31-26-15-16-36(2)19-27(26)33-30(35-31)24-11-13-25(14-12-24)32-28-9-6-10-29(34-28)39-21-23-7-4-3-5-8-23;1-21-19-37-17-16-36(21)30-25-14-15-31-18-26(25)33-29(35-30)23-10-12-24(13-11-23)32-27-8-5-9-28(34-27)38-20-22-6-3-2-4-7-22;1-16-15-32-13-12-30(16)24-19-10-11-29(2)14-20(19)26-23(28-24)17-6-8-18(9-7-17)25-21-4-3-5-22(31)27-21/h3-14,22H,15-21H2,1-2H3,(H,32,34);2-13,21,31H,14-20H2,1H3,(H,32,34);3-9,16H,10-15H2,1-2H3,(H2,25,27,31)/t22-;21-;16-/m000/s1. The van der Waals surface area contributed by atoms with Crippen molar-refractivity contribution in [3.8, 4) is 45.9 Å². The number of anilines is 9. The van der Waals surface area contributed by atoms with Crippen molar-refractivity contribution < 1.29 is 23.7 Å². The Hall–Kier alpha value is -11.3. The third-order valence-electron chi connectivity index (χ3n) is 20.2. The molecule has 0 aliphatic carbocycles. The van der Waals surface area contributed by atoms with Gasteiger partial charge in [-0.1, -0.05) is 78.9 Å². The molecule has 0 bridgehead atoms. The topological polar surface area (TPSA) is 246 Å². The molecular formula is C85H94N18O6. The van der Waals surface area contributed by atoms with E-state index in [2.05, 4.69) is 120 Å². The number of nitrogens with zero attached hydrogens (tertiary/aromatic N) is 13. The number of nitrogens with one attached hydrogen (secondary N) is 5. The largest absolute Gasteiger partial charge is 0.473 e. The number of rotatable bonds is 18. The van der Waals surface area contributed by atoms with Gasteiger partial charge in [0.1, 0.15) is 48.1 Å². The third-order valence-corrected chi connectivity index (χ3v) is 20.2. The van der Waals surface area contributed by atoms with Crippen LogP contribution in [0.3, 0.4) is 0 Å². The second-order valence-corrected chi connectivity index (χ2v) is 28.4. The summed E-state index contributed by atoms with van der Waals surface area (Å²) in [6.07, 6.45) is 2.87. The van der Waals surface area contributed by atoms with E-state index in [1.807, 2.05) is 152 Å². The van der Waals surface area contributed by atoms with Crippen LogP contribution in [0, 0.1) is 0 Å². The minimum atomic E-state index is -0.135. The number of hydrogen-bond donors (Lipinski definition) is 5. The molecule has 6 aliphatic rings. The van der Waals surface area contributed by atoms with Gasteiger partial charge in [0.05, 0.1) is 74.8 Å². The first kappa shape index (κ1) is 73.3. The van der Waals surface area contributed by atoms with Gasteiger partial charge in [-0.15, -0.1) is 0 Å². The van der Waals surface area contributed by atoms with Crippen LogP contribution in [-0.2, 0) is 66.3 Å². The van der Waals surface area contributed by atoms with Crippen LogP contribution in [-0.4, -0.2) is 166 Å². The van der Waals surface area contributed by atoms with E-state index in [1.165, 1.54) is 22.8 Å². The fourth-order valence-corrected chi connectivity index (χ4v) is 14.3. The highest BCUT2D eigenvalue weighted by Crippen LogP contribution is 2.36. The second kappa shape index (κ2) is 34.8. The van der Waals surface area contributed by atoms with Crippen molar-refractivity contribution >= 4 is 52.0 Å². The summed E-state index contributed by atoms with van der Waals surface area (Å²) < 4.78 is 28.8. The van der Waals surface area contributed by atoms with E-state index in [9.17, 15) is 4.79 Å². The van der Waals surface area contributed by atoms with Crippen LogP contribution in [0.2, 0.25) is 0 Å². The predicted octanol–water partition coefficient (Wildman–Crippen LogP) is 12.6. The normalized spacial score (nSPS) is 17.8. The van der Waals surface area contributed by atoms with E-state index < -0.39 is 0 Å². The maximum absolute atomic E-state index is 11.5. The van der Waals surface area contributed by atoms with Crippen molar-refractivity contribution in [2.24, 2.45) is 0 Å². The molecule has 17 rings (SSSR count). The molecule has 0 spiro atoms. The van der Waals surface area contributed by atoms with Crippen LogP contribution in [0.5, 0.6) is 11.8 Å². The van der Waals surface area contributed by atoms with Gasteiger partial charge in [-0.25, -0.2) is 29.9 Å². The van der Waals surface area contributed by atoms with Gasteiger partial charge in [0.25, 0.3) is 0 Å². The van der Waals surface area contributed by atoms with Crippen molar-refractivity contribution in [1.82, 2.24) is 60.0 Å². The SMILES string of the molecule is C[C@H]1COCCN1c1nc(-c2ccc(Nc3cccc(=O)[nH]3)cc2)nc2c1CCN(C)C2.C[C@H]1COCCN1c1nc(-c2ccc(Nc3cccc(OCc4ccccc4)n3)cc2)nc2c1CCN(C)C2.C[C@H]1COCCN1c1nc(-c2ccc(Nc3cccc(OCc4ccccc4)n3)cc2)nc2c1CCNC2. The van der Waals surface area contributed by atoms with Crippen LogP contribution in [0.15, 0.2) is 193 Å². The summed E-state index contributed by atoms with van der Waals surface area (Å²) in [6, 6.07) is 62.0. The van der Waals surface area contributed by atoms with Crippen molar-refractivity contribution in [2.75, 3.05) is 124 Å². The minimum Gasteiger partial charge on any atom is -0.473 e. The lowest BCUT2D eigenvalue weighted by Gasteiger charge is -2.37. The van der Waals surface area contributed by atoms with E-state index >= 15 is 0 Å². The van der Waals surface area contributed by atoms with Crippen LogP contribution in [0.25, 0.3) is 34.2 Å². The summed E-state index contributed by atoms with van der Waals surface area (Å²) in [5.41, 5.74) is 14.9. The first-order valence-electron chi connectivity index (χ1n) is 37.8. The molecule has 3 fully saturated rings. The van der Waals surface area contributed by atoms with Gasteiger partial charge in [-0.2, -0.15) is 9.97 Å². The number of ether oxygens (including phenoxy) is 5. The number of likely N-dealkylation sites (N-methyl/N-ethyl adjacent to an activating group) is 2. The molecule has 6 aromatic heterocycles. The minimum absolute atomic E-state index is 0.135. The van der Waals surface area contributed by atoms with E-state index in [0.29, 0.717) is 30.8 Å².